The smallest absolute Gasteiger partial charge is 0.317 e. The Bertz CT molecular complexity index is 651. The molecule has 9 nitrogen and oxygen atoms in total. The molecule has 0 spiro atoms. The van der Waals surface area contributed by atoms with Crippen LogP contribution in [-0.4, -0.2) is 45.4 Å². The molecule has 2 amide bonds. The predicted molar refractivity (Wildman–Crippen MR) is 85.8 cm³/mol. The molecule has 24 heavy (non-hydrogen) atoms. The Labute approximate surface area is 140 Å². The van der Waals surface area contributed by atoms with Crippen LogP contribution in [0, 0.1) is 5.92 Å². The number of carbonyl (C=O) groups is 1. The Hall–Kier alpha value is -2.42. The number of carbonyl (C=O) groups excluding carboxylic acids is 1. The summed E-state index contributed by atoms with van der Waals surface area (Å²) in [6.45, 7) is 5.21. The third-order valence-electron chi connectivity index (χ3n) is 3.23. The van der Waals surface area contributed by atoms with E-state index in [4.69, 9.17) is 9.26 Å². The van der Waals surface area contributed by atoms with Crippen LogP contribution in [0.3, 0.4) is 0 Å². The first-order chi connectivity index (χ1) is 11.5. The normalized spacial score (nSPS) is 11.0. The first-order valence-electron chi connectivity index (χ1n) is 7.80. The van der Waals surface area contributed by atoms with Gasteiger partial charge in [0, 0.05) is 20.6 Å². The second kappa shape index (κ2) is 8.44. The lowest BCUT2D eigenvalue weighted by molar-refractivity contribution is 0.181. The highest BCUT2D eigenvalue weighted by molar-refractivity contribution is 5.73. The molecular formula is C15H24N6O3. The van der Waals surface area contributed by atoms with Crippen molar-refractivity contribution in [2.24, 2.45) is 5.92 Å². The van der Waals surface area contributed by atoms with Crippen molar-refractivity contribution in [2.45, 2.75) is 40.0 Å². The molecule has 0 aromatic carbocycles. The molecule has 2 aromatic heterocycles. The van der Waals surface area contributed by atoms with E-state index in [-0.39, 0.29) is 12.6 Å². The Morgan fingerprint density at radius 3 is 3.00 bits per heavy atom. The number of rotatable bonds is 8. The van der Waals surface area contributed by atoms with E-state index in [1.165, 1.54) is 4.90 Å². The van der Waals surface area contributed by atoms with E-state index in [0.717, 1.165) is 17.8 Å². The van der Waals surface area contributed by atoms with Crippen LogP contribution in [0.1, 0.15) is 37.0 Å². The standard InChI is InChI=1S/C15H24N6O3/c1-10(2)5-13-17-14(24-20-13)8-21(3)15(22)16-7-11-6-12(9-23-4)19-18-11/h6,10H,5,7-9H2,1-4H3,(H,16,22)(H,18,19). The van der Waals surface area contributed by atoms with E-state index in [9.17, 15) is 4.79 Å². The van der Waals surface area contributed by atoms with E-state index < -0.39 is 0 Å². The fourth-order valence-electron chi connectivity index (χ4n) is 2.10. The number of amides is 2. The molecule has 0 fully saturated rings. The van der Waals surface area contributed by atoms with Gasteiger partial charge < -0.3 is 19.5 Å². The van der Waals surface area contributed by atoms with Gasteiger partial charge in [0.2, 0.25) is 5.89 Å². The van der Waals surface area contributed by atoms with Crippen molar-refractivity contribution < 1.29 is 14.1 Å². The summed E-state index contributed by atoms with van der Waals surface area (Å²) in [4.78, 5) is 17.9. The number of urea groups is 1. The van der Waals surface area contributed by atoms with Gasteiger partial charge in [-0.2, -0.15) is 10.1 Å². The summed E-state index contributed by atoms with van der Waals surface area (Å²) in [5.41, 5.74) is 1.60. The lowest BCUT2D eigenvalue weighted by Gasteiger charge is -2.15. The summed E-state index contributed by atoms with van der Waals surface area (Å²) in [6.07, 6.45) is 0.753. The van der Waals surface area contributed by atoms with Crippen molar-refractivity contribution in [3.8, 4) is 0 Å². The van der Waals surface area contributed by atoms with Crippen LogP contribution in [0.25, 0.3) is 0 Å². The number of H-pyrrole nitrogens is 1. The molecule has 0 saturated heterocycles. The summed E-state index contributed by atoms with van der Waals surface area (Å²) in [7, 11) is 3.28. The zero-order valence-electron chi connectivity index (χ0n) is 14.5. The van der Waals surface area contributed by atoms with E-state index in [2.05, 4.69) is 39.5 Å². The molecule has 0 unspecified atom stereocenters. The molecule has 0 aliphatic heterocycles. The number of hydrogen-bond acceptors (Lipinski definition) is 6. The Morgan fingerprint density at radius 2 is 2.29 bits per heavy atom. The maximum absolute atomic E-state index is 12.1. The molecule has 0 atom stereocenters. The number of aromatic amines is 1. The Morgan fingerprint density at radius 1 is 1.50 bits per heavy atom. The minimum absolute atomic E-state index is 0.235. The third kappa shape index (κ3) is 5.34. The van der Waals surface area contributed by atoms with Crippen molar-refractivity contribution in [3.05, 3.63) is 29.2 Å². The van der Waals surface area contributed by atoms with Crippen LogP contribution in [-0.2, 0) is 30.9 Å². The van der Waals surface area contributed by atoms with Gasteiger partial charge in [-0.15, -0.1) is 0 Å². The molecule has 2 heterocycles. The van der Waals surface area contributed by atoms with Gasteiger partial charge in [0.25, 0.3) is 0 Å². The molecule has 9 heteroatoms. The number of aromatic nitrogens is 4. The number of nitrogens with zero attached hydrogens (tertiary/aromatic N) is 4. The number of ether oxygens (including phenoxy) is 1. The summed E-state index contributed by atoms with van der Waals surface area (Å²) in [5.74, 6) is 1.54. The van der Waals surface area contributed by atoms with E-state index in [1.54, 1.807) is 14.2 Å². The predicted octanol–water partition coefficient (Wildman–Crippen LogP) is 1.48. The van der Waals surface area contributed by atoms with Crippen molar-refractivity contribution in [2.75, 3.05) is 14.2 Å². The highest BCUT2D eigenvalue weighted by atomic mass is 16.5. The zero-order valence-corrected chi connectivity index (χ0v) is 14.5. The largest absolute Gasteiger partial charge is 0.378 e. The van der Waals surface area contributed by atoms with Gasteiger partial charge >= 0.3 is 6.03 Å². The van der Waals surface area contributed by atoms with E-state index in [0.29, 0.717) is 30.8 Å². The molecule has 0 aliphatic carbocycles. The van der Waals surface area contributed by atoms with Gasteiger partial charge in [-0.3, -0.25) is 5.10 Å². The summed E-state index contributed by atoms with van der Waals surface area (Å²) in [6, 6.07) is 1.61. The van der Waals surface area contributed by atoms with Gasteiger partial charge in [0.1, 0.15) is 6.54 Å². The molecule has 0 radical (unpaired) electrons. The summed E-state index contributed by atoms with van der Waals surface area (Å²) < 4.78 is 10.2. The maximum Gasteiger partial charge on any atom is 0.317 e. The Balaban J connectivity index is 1.79. The number of hydrogen-bond donors (Lipinski definition) is 2. The first-order valence-corrected chi connectivity index (χ1v) is 7.80. The summed E-state index contributed by atoms with van der Waals surface area (Å²) in [5, 5.41) is 13.6. The average Bonchev–Trinajstić information content (AvgIpc) is 3.14. The first kappa shape index (κ1) is 17.9. The topological polar surface area (TPSA) is 109 Å². The third-order valence-corrected chi connectivity index (χ3v) is 3.23. The van der Waals surface area contributed by atoms with Gasteiger partial charge in [0.05, 0.1) is 24.5 Å². The molecule has 2 rings (SSSR count). The molecule has 2 N–H and O–H groups in total. The second-order valence-electron chi connectivity index (χ2n) is 6.03. The van der Waals surface area contributed by atoms with Crippen LogP contribution in [0.5, 0.6) is 0 Å². The molecular weight excluding hydrogens is 312 g/mol. The molecule has 0 bridgehead atoms. The monoisotopic (exact) mass is 336 g/mol. The molecule has 0 aliphatic rings. The van der Waals surface area contributed by atoms with Crippen molar-refractivity contribution in [3.63, 3.8) is 0 Å². The minimum atomic E-state index is -0.235. The van der Waals surface area contributed by atoms with E-state index in [1.807, 2.05) is 6.07 Å². The Kier molecular flexibility index (Phi) is 6.30. The quantitative estimate of drug-likeness (QED) is 0.756. The highest BCUT2D eigenvalue weighted by Crippen LogP contribution is 2.07. The second-order valence-corrected chi connectivity index (χ2v) is 6.03. The van der Waals surface area contributed by atoms with Crippen LogP contribution < -0.4 is 5.32 Å². The van der Waals surface area contributed by atoms with Crippen LogP contribution in [0.4, 0.5) is 4.79 Å². The van der Waals surface area contributed by atoms with Gasteiger partial charge in [-0.05, 0) is 12.0 Å². The highest BCUT2D eigenvalue weighted by Gasteiger charge is 2.14. The molecule has 132 valence electrons. The fraction of sp³-hybridized carbons (Fsp3) is 0.600. The van der Waals surface area contributed by atoms with Crippen LogP contribution >= 0.6 is 0 Å². The average molecular weight is 336 g/mol. The number of methoxy groups -OCH3 is 1. The van der Waals surface area contributed by atoms with Gasteiger partial charge in [0.15, 0.2) is 5.82 Å². The SMILES string of the molecule is COCc1cc(CNC(=O)N(C)Cc2nc(CC(C)C)no2)[nH]n1. The lowest BCUT2D eigenvalue weighted by Crippen LogP contribution is -2.36. The fourth-order valence-corrected chi connectivity index (χ4v) is 2.10. The maximum atomic E-state index is 12.1. The molecule has 2 aromatic rings. The summed E-state index contributed by atoms with van der Waals surface area (Å²) >= 11 is 0. The van der Waals surface area contributed by atoms with Crippen LogP contribution in [0.2, 0.25) is 0 Å². The lowest BCUT2D eigenvalue weighted by atomic mass is 10.1. The van der Waals surface area contributed by atoms with Gasteiger partial charge in [-0.1, -0.05) is 19.0 Å². The van der Waals surface area contributed by atoms with Crippen molar-refractivity contribution >= 4 is 6.03 Å². The van der Waals surface area contributed by atoms with Crippen LogP contribution in [0.15, 0.2) is 10.6 Å². The number of nitrogens with one attached hydrogen (secondary N) is 2. The van der Waals surface area contributed by atoms with Gasteiger partial charge in [-0.25, -0.2) is 4.79 Å². The minimum Gasteiger partial charge on any atom is -0.378 e. The molecule has 0 saturated carbocycles. The van der Waals surface area contributed by atoms with E-state index >= 15 is 0 Å². The van der Waals surface area contributed by atoms with Crippen molar-refractivity contribution in [1.29, 1.82) is 0 Å². The van der Waals surface area contributed by atoms with Crippen molar-refractivity contribution in [1.82, 2.24) is 30.6 Å². The zero-order chi connectivity index (χ0) is 17.5.